The lowest BCUT2D eigenvalue weighted by atomic mass is 10.1. The van der Waals surface area contributed by atoms with Gasteiger partial charge in [-0.2, -0.15) is 0 Å². The number of amides is 2. The number of rotatable bonds is 25. The molecule has 0 saturated carbocycles. The zero-order valence-corrected chi connectivity index (χ0v) is 38.1. The van der Waals surface area contributed by atoms with E-state index in [0.29, 0.717) is 52.1 Å². The number of carbonyl (C=O) groups is 2. The largest absolute Gasteiger partial charge is 0.493 e. The molecular formula is C50H74N6O6. The van der Waals surface area contributed by atoms with Crippen molar-refractivity contribution in [2.24, 2.45) is 9.98 Å². The smallest absolute Gasteiger partial charge is 0.256 e. The highest BCUT2D eigenvalue weighted by Gasteiger charge is 2.35. The van der Waals surface area contributed by atoms with E-state index in [1.165, 1.54) is 77.0 Å². The van der Waals surface area contributed by atoms with Crippen LogP contribution in [-0.4, -0.2) is 129 Å². The van der Waals surface area contributed by atoms with E-state index in [0.717, 1.165) is 97.2 Å². The van der Waals surface area contributed by atoms with Crippen LogP contribution in [0.3, 0.4) is 0 Å². The maximum atomic E-state index is 13.5. The number of hydrogen-bond acceptors (Lipinski definition) is 10. The Morgan fingerprint density at radius 1 is 0.597 bits per heavy atom. The molecule has 0 bridgehead atoms. The summed E-state index contributed by atoms with van der Waals surface area (Å²) in [6.07, 6.45) is 27.3. The van der Waals surface area contributed by atoms with Gasteiger partial charge < -0.3 is 33.6 Å². The Morgan fingerprint density at radius 3 is 1.69 bits per heavy atom. The van der Waals surface area contributed by atoms with Gasteiger partial charge in [-0.25, -0.2) is 0 Å². The van der Waals surface area contributed by atoms with Gasteiger partial charge in [0, 0.05) is 63.8 Å². The molecule has 5 heterocycles. The summed E-state index contributed by atoms with van der Waals surface area (Å²) in [6, 6.07) is 7.61. The number of unbranched alkanes of at least 4 members (excludes halogenated alkanes) is 13. The average Bonchev–Trinajstić information content (AvgIpc) is 3.93. The highest BCUT2D eigenvalue weighted by atomic mass is 16.5. The van der Waals surface area contributed by atoms with Crippen LogP contribution in [0.1, 0.15) is 156 Å². The van der Waals surface area contributed by atoms with Crippen molar-refractivity contribution in [1.29, 1.82) is 0 Å². The van der Waals surface area contributed by atoms with Gasteiger partial charge in [0.25, 0.3) is 11.8 Å². The molecule has 12 heteroatoms. The normalized spacial score (nSPS) is 20.4. The summed E-state index contributed by atoms with van der Waals surface area (Å²) in [5, 5.41) is 0. The molecule has 12 nitrogen and oxygen atoms in total. The topological polar surface area (TPSA) is 109 Å². The number of aliphatic imine (C=N–C) groups is 2. The SMILES string of the molecule is CCCCCCCCCC(Oc1cc2c(cc1OC)C(=O)N1CCC[C@H]1C=N2)N1CCN(CCCCCCCCCCOc2cc3c(cc2OC)C(=O)N2CCC[C@H]2C=N3)CC1. The minimum absolute atomic E-state index is 0.0318. The first-order valence-corrected chi connectivity index (χ1v) is 24.4. The molecule has 340 valence electrons. The van der Waals surface area contributed by atoms with Gasteiger partial charge in [-0.1, -0.05) is 84.0 Å². The van der Waals surface area contributed by atoms with Crippen LogP contribution in [0.25, 0.3) is 0 Å². The second kappa shape index (κ2) is 23.5. The van der Waals surface area contributed by atoms with Crippen LogP contribution in [-0.2, 0) is 0 Å². The molecule has 7 rings (SSSR count). The van der Waals surface area contributed by atoms with Gasteiger partial charge in [-0.3, -0.25) is 24.5 Å². The number of methoxy groups -OCH3 is 2. The number of benzene rings is 2. The van der Waals surface area contributed by atoms with Crippen LogP contribution in [0.15, 0.2) is 34.3 Å². The molecule has 3 saturated heterocycles. The summed E-state index contributed by atoms with van der Waals surface area (Å²) in [5.74, 6) is 2.61. The third-order valence-corrected chi connectivity index (χ3v) is 13.7. The second-order valence-corrected chi connectivity index (χ2v) is 18.1. The van der Waals surface area contributed by atoms with Crippen molar-refractivity contribution in [3.63, 3.8) is 0 Å². The Bertz CT molecular complexity index is 1830. The predicted octanol–water partition coefficient (Wildman–Crippen LogP) is 10.0. The van der Waals surface area contributed by atoms with Crippen molar-refractivity contribution in [3.8, 4) is 23.0 Å². The number of piperazine rings is 1. The predicted molar refractivity (Wildman–Crippen MR) is 248 cm³/mol. The zero-order chi connectivity index (χ0) is 43.1. The lowest BCUT2D eigenvalue weighted by Crippen LogP contribution is -2.52. The Labute approximate surface area is 371 Å². The quantitative estimate of drug-likeness (QED) is 0.0909. The van der Waals surface area contributed by atoms with Gasteiger partial charge in [0.2, 0.25) is 0 Å². The molecule has 62 heavy (non-hydrogen) atoms. The highest BCUT2D eigenvalue weighted by molar-refractivity contribution is 6.04. The molecule has 0 aromatic heterocycles. The Kier molecular flexibility index (Phi) is 17.4. The summed E-state index contributed by atoms with van der Waals surface area (Å²) in [5.41, 5.74) is 2.55. The first kappa shape index (κ1) is 45.9. The van der Waals surface area contributed by atoms with Gasteiger partial charge >= 0.3 is 0 Å². The number of hydrogen-bond donors (Lipinski definition) is 0. The fourth-order valence-corrected chi connectivity index (χ4v) is 9.91. The summed E-state index contributed by atoms with van der Waals surface area (Å²) in [6.45, 7) is 9.68. The molecule has 5 aliphatic rings. The van der Waals surface area contributed by atoms with E-state index < -0.39 is 0 Å². The highest BCUT2D eigenvalue weighted by Crippen LogP contribution is 2.40. The third kappa shape index (κ3) is 11.9. The minimum Gasteiger partial charge on any atom is -0.493 e. The monoisotopic (exact) mass is 855 g/mol. The molecule has 0 N–H and O–H groups in total. The zero-order valence-electron chi connectivity index (χ0n) is 38.1. The van der Waals surface area contributed by atoms with Crippen molar-refractivity contribution in [1.82, 2.24) is 19.6 Å². The Hall–Kier alpha value is -4.16. The van der Waals surface area contributed by atoms with E-state index in [1.807, 2.05) is 40.4 Å². The molecule has 0 radical (unpaired) electrons. The number of fused-ring (bicyclic) bond motifs is 4. The fourth-order valence-electron chi connectivity index (χ4n) is 9.91. The lowest BCUT2D eigenvalue weighted by molar-refractivity contribution is -0.0154. The van der Waals surface area contributed by atoms with Crippen LogP contribution in [0.5, 0.6) is 23.0 Å². The van der Waals surface area contributed by atoms with E-state index >= 15 is 0 Å². The minimum atomic E-state index is -0.0455. The molecule has 1 unspecified atom stereocenters. The van der Waals surface area contributed by atoms with E-state index in [4.69, 9.17) is 23.9 Å². The summed E-state index contributed by atoms with van der Waals surface area (Å²) >= 11 is 0. The summed E-state index contributed by atoms with van der Waals surface area (Å²) in [7, 11) is 3.29. The fraction of sp³-hybridized carbons (Fsp3) is 0.680. The first-order valence-electron chi connectivity index (χ1n) is 24.4. The maximum Gasteiger partial charge on any atom is 0.256 e. The molecule has 3 fully saturated rings. The van der Waals surface area contributed by atoms with Crippen molar-refractivity contribution in [3.05, 3.63) is 35.4 Å². The van der Waals surface area contributed by atoms with Gasteiger partial charge in [0.05, 0.1) is 55.4 Å². The van der Waals surface area contributed by atoms with Crippen LogP contribution in [0.4, 0.5) is 11.4 Å². The Morgan fingerprint density at radius 2 is 1.11 bits per heavy atom. The molecule has 0 aliphatic carbocycles. The van der Waals surface area contributed by atoms with Crippen LogP contribution in [0.2, 0.25) is 0 Å². The van der Waals surface area contributed by atoms with E-state index in [1.54, 1.807) is 20.3 Å². The molecule has 2 aromatic rings. The first-order chi connectivity index (χ1) is 30.5. The molecule has 3 atom stereocenters. The van der Waals surface area contributed by atoms with Crippen LogP contribution < -0.4 is 18.9 Å². The van der Waals surface area contributed by atoms with Crippen LogP contribution in [0, 0.1) is 0 Å². The van der Waals surface area contributed by atoms with E-state index in [-0.39, 0.29) is 30.1 Å². The molecular weight excluding hydrogens is 781 g/mol. The number of nitrogens with zero attached hydrogens (tertiary/aromatic N) is 6. The van der Waals surface area contributed by atoms with Gasteiger partial charge in [-0.05, 0) is 70.0 Å². The second-order valence-electron chi connectivity index (χ2n) is 18.1. The maximum absolute atomic E-state index is 13.5. The van der Waals surface area contributed by atoms with Crippen molar-refractivity contribution in [2.45, 2.75) is 154 Å². The molecule has 2 aromatic carbocycles. The number of ether oxygens (including phenoxy) is 4. The lowest BCUT2D eigenvalue weighted by Gasteiger charge is -2.39. The summed E-state index contributed by atoms with van der Waals surface area (Å²) < 4.78 is 24.5. The standard InChI is InChI=1S/C50H74N6O6/c1-4-5-6-7-10-13-16-23-48(62-47-35-43-41(33-45(47)60-3)50(58)56-26-20-22-39(56)37-52-43)54-29-27-53(28-30-54)24-17-14-11-8-9-12-15-18-31-61-46-34-42-40(32-44(46)59-2)49(57)55-25-19-21-38(55)36-51-42/h32-39,48H,4-31H2,1-3H3/t38-,39-,48?/m0/s1. The van der Waals surface area contributed by atoms with E-state index in [9.17, 15) is 9.59 Å². The van der Waals surface area contributed by atoms with Crippen molar-refractivity contribution < 1.29 is 28.5 Å². The molecule has 5 aliphatic heterocycles. The van der Waals surface area contributed by atoms with Crippen LogP contribution >= 0.6 is 0 Å². The van der Waals surface area contributed by atoms with Gasteiger partial charge in [0.1, 0.15) is 0 Å². The molecule has 0 spiro atoms. The summed E-state index contributed by atoms with van der Waals surface area (Å²) in [4.78, 5) is 45.1. The molecule has 2 amide bonds. The van der Waals surface area contributed by atoms with Gasteiger partial charge in [-0.15, -0.1) is 0 Å². The van der Waals surface area contributed by atoms with Gasteiger partial charge in [0.15, 0.2) is 29.2 Å². The Balaban J connectivity index is 0.800. The number of carbonyl (C=O) groups excluding carboxylic acids is 2. The van der Waals surface area contributed by atoms with E-state index in [2.05, 4.69) is 21.7 Å². The third-order valence-electron chi connectivity index (χ3n) is 13.7. The van der Waals surface area contributed by atoms with Crippen molar-refractivity contribution in [2.75, 3.05) is 66.6 Å². The average molecular weight is 855 g/mol. The van der Waals surface area contributed by atoms with Crippen molar-refractivity contribution >= 4 is 35.6 Å².